The normalized spacial score (nSPS) is 32.4. The van der Waals surface area contributed by atoms with Crippen molar-refractivity contribution in [1.82, 2.24) is 0 Å². The van der Waals surface area contributed by atoms with Crippen LogP contribution in [0.3, 0.4) is 0 Å². The van der Waals surface area contributed by atoms with E-state index in [1.54, 1.807) is 4.13 Å². The summed E-state index contributed by atoms with van der Waals surface area (Å²) in [5, 5.41) is -11.1. The highest BCUT2D eigenvalue weighted by atomic mass is 32.3. The summed E-state index contributed by atoms with van der Waals surface area (Å²) in [6, 6.07) is 0. The first-order chi connectivity index (χ1) is 5.96. The summed E-state index contributed by atoms with van der Waals surface area (Å²) in [6.07, 6.45) is 0. The molecule has 1 aliphatic rings. The minimum absolute atomic E-state index is 1.39. The van der Waals surface area contributed by atoms with Crippen LogP contribution in [0.5, 0.6) is 0 Å². The molecule has 1 aliphatic heterocycles. The molecule has 0 atom stereocenters. The van der Waals surface area contributed by atoms with Crippen LogP contribution < -0.4 is 0 Å². The lowest BCUT2D eigenvalue weighted by Gasteiger charge is -2.43. The molecule has 0 radical (unpaired) electrons. The van der Waals surface area contributed by atoms with Crippen molar-refractivity contribution < 1.29 is 34.8 Å². The lowest BCUT2D eigenvalue weighted by Crippen LogP contribution is -2.58. The summed E-state index contributed by atoms with van der Waals surface area (Å²) in [4.78, 5) is 0. The highest BCUT2D eigenvalue weighted by molar-refractivity contribution is 8.18. The maximum Gasteiger partial charge on any atom is 0.398 e. The van der Waals surface area contributed by atoms with E-state index >= 15 is 0 Å². The van der Waals surface area contributed by atoms with Gasteiger partial charge in [0.05, 0.1) is 0 Å². The quantitative estimate of drug-likeness (QED) is 0.495. The summed E-state index contributed by atoms with van der Waals surface area (Å²) in [5.74, 6) is -5.98. The molecule has 0 saturated carbocycles. The fraction of sp³-hybridized carbons (Fsp3) is 1.00. The minimum atomic E-state index is -5.98. The van der Waals surface area contributed by atoms with Gasteiger partial charge < -0.3 is 4.13 Å². The van der Waals surface area contributed by atoms with Crippen LogP contribution in [0.25, 0.3) is 4.13 Å². The van der Waals surface area contributed by atoms with E-state index in [9.17, 15) is 34.8 Å². The lowest BCUT2D eigenvalue weighted by molar-refractivity contribution is -0.241. The third kappa shape index (κ3) is 1.21. The minimum Gasteiger partial charge on any atom is -0.483 e. The smallest absolute Gasteiger partial charge is 0.398 e. The average Bonchev–Trinajstić information content (AvgIpc) is 1.98. The first kappa shape index (κ1) is 11.9. The first-order valence-corrected chi connectivity index (χ1v) is 4.95. The van der Waals surface area contributed by atoms with Gasteiger partial charge in [-0.3, -0.25) is 0 Å². The second-order valence-corrected chi connectivity index (χ2v) is 5.00. The largest absolute Gasteiger partial charge is 0.483 e. The molecule has 14 heavy (non-hydrogen) atoms. The highest BCUT2D eigenvalue weighted by Crippen LogP contribution is 2.60. The van der Waals surface area contributed by atoms with Crippen LogP contribution in [0.2, 0.25) is 0 Å². The Bertz CT molecular complexity index is 350. The fourth-order valence-corrected chi connectivity index (χ4v) is 2.43. The molecule has 0 bridgehead atoms. The standard InChI is InChI=1S/C3F6NO2S2/c4-1(5)2(6,7)13-10-14(11,12)3(1,8)9/q-1. The van der Waals surface area contributed by atoms with Crippen molar-refractivity contribution in [2.24, 2.45) is 0 Å². The van der Waals surface area contributed by atoms with E-state index in [0.717, 1.165) is 0 Å². The van der Waals surface area contributed by atoms with Gasteiger partial charge in [0.25, 0.3) is 0 Å². The van der Waals surface area contributed by atoms with Crippen molar-refractivity contribution in [2.75, 3.05) is 0 Å². The molecule has 0 aliphatic carbocycles. The van der Waals surface area contributed by atoms with Gasteiger partial charge in [0.15, 0.2) is 10.0 Å². The van der Waals surface area contributed by atoms with E-state index in [-0.39, 0.29) is 0 Å². The number of hydrogen-bond donors (Lipinski definition) is 0. The molecule has 0 unspecified atom stereocenters. The second-order valence-electron chi connectivity index (χ2n) is 2.25. The van der Waals surface area contributed by atoms with Gasteiger partial charge in [-0.25, -0.2) is 8.42 Å². The number of hydrogen-bond acceptors (Lipinski definition) is 3. The van der Waals surface area contributed by atoms with E-state index in [0.29, 0.717) is 0 Å². The van der Waals surface area contributed by atoms with Gasteiger partial charge in [0.1, 0.15) is 0 Å². The van der Waals surface area contributed by atoms with Gasteiger partial charge in [0.2, 0.25) is 0 Å². The fourth-order valence-electron chi connectivity index (χ4n) is 0.531. The number of sulfonamides is 1. The van der Waals surface area contributed by atoms with Crippen LogP contribution in [0.1, 0.15) is 0 Å². The molecule has 11 heteroatoms. The summed E-state index contributed by atoms with van der Waals surface area (Å²) < 4.78 is 95.9. The summed E-state index contributed by atoms with van der Waals surface area (Å²) in [7, 11) is -5.92. The van der Waals surface area contributed by atoms with Crippen LogP contribution in [-0.4, -0.2) is 24.8 Å². The number of rotatable bonds is 0. The molecule has 1 heterocycles. The zero-order chi connectivity index (χ0) is 11.4. The van der Waals surface area contributed by atoms with Crippen LogP contribution in [0.4, 0.5) is 26.3 Å². The molecule has 0 N–H and O–H groups in total. The molecule has 1 fully saturated rings. The topological polar surface area (TPSA) is 48.2 Å². The zero-order valence-corrected chi connectivity index (χ0v) is 7.48. The molecular weight excluding hydrogens is 260 g/mol. The van der Waals surface area contributed by atoms with Gasteiger partial charge in [-0.1, -0.05) is 0 Å². The van der Waals surface area contributed by atoms with Gasteiger partial charge in [0, 0.05) is 0 Å². The van der Waals surface area contributed by atoms with Gasteiger partial charge in [-0.15, -0.1) is 0 Å². The third-order valence-corrected chi connectivity index (χ3v) is 3.78. The Kier molecular flexibility index (Phi) is 2.29. The number of alkyl halides is 6. The predicted octanol–water partition coefficient (Wildman–Crippen LogP) is 2.17. The predicted molar refractivity (Wildman–Crippen MR) is 34.7 cm³/mol. The van der Waals surface area contributed by atoms with Crippen LogP contribution in [0, 0.1) is 0 Å². The van der Waals surface area contributed by atoms with Crippen molar-refractivity contribution in [3.05, 3.63) is 4.13 Å². The number of halogens is 6. The first-order valence-electron chi connectivity index (χ1n) is 2.74. The van der Waals surface area contributed by atoms with Crippen LogP contribution in [0.15, 0.2) is 0 Å². The molecule has 1 rings (SSSR count). The van der Waals surface area contributed by atoms with Crippen molar-refractivity contribution in [1.29, 1.82) is 0 Å². The molecule has 0 aromatic carbocycles. The summed E-state index contributed by atoms with van der Waals surface area (Å²) in [6.45, 7) is 0. The Labute approximate surface area is 78.0 Å². The SMILES string of the molecule is O=S1(=O)[N-]SC(F)(F)C(F)(F)C1(F)F. The van der Waals surface area contributed by atoms with E-state index in [1.165, 1.54) is 0 Å². The van der Waals surface area contributed by atoms with Crippen molar-refractivity contribution >= 4 is 22.0 Å². The van der Waals surface area contributed by atoms with Gasteiger partial charge in [-0.05, 0) is 0 Å². The van der Waals surface area contributed by atoms with Crippen LogP contribution in [-0.2, 0) is 10.0 Å². The van der Waals surface area contributed by atoms with E-state index in [1.807, 2.05) is 0 Å². The lowest BCUT2D eigenvalue weighted by atomic mass is 10.3. The molecule has 0 spiro atoms. The Morgan fingerprint density at radius 1 is 1.00 bits per heavy atom. The molecule has 0 amide bonds. The molecular formula is C3F6NO2S2-. The molecule has 0 aromatic heterocycles. The molecule has 3 nitrogen and oxygen atoms in total. The zero-order valence-electron chi connectivity index (χ0n) is 5.85. The van der Waals surface area contributed by atoms with Crippen molar-refractivity contribution in [3.8, 4) is 0 Å². The van der Waals surface area contributed by atoms with Crippen molar-refractivity contribution in [2.45, 2.75) is 16.4 Å². The molecule has 1 saturated heterocycles. The molecule has 84 valence electrons. The maximum atomic E-state index is 12.3. The Hall–Kier alpha value is -0.160. The van der Waals surface area contributed by atoms with E-state index in [2.05, 4.69) is 0 Å². The highest BCUT2D eigenvalue weighted by Gasteiger charge is 2.76. The Morgan fingerprint density at radius 3 is 1.79 bits per heavy atom. The number of nitrogens with zero attached hydrogens (tertiary/aromatic N) is 1. The Balaban J connectivity index is 3.34. The summed E-state index contributed by atoms with van der Waals surface area (Å²) >= 11 is -1.39. The summed E-state index contributed by atoms with van der Waals surface area (Å²) in [5.41, 5.74) is 0. The van der Waals surface area contributed by atoms with Gasteiger partial charge in [-0.2, -0.15) is 38.3 Å². The van der Waals surface area contributed by atoms with E-state index < -0.39 is 38.4 Å². The molecule has 0 aromatic rings. The van der Waals surface area contributed by atoms with Gasteiger partial charge >= 0.3 is 16.4 Å². The third-order valence-electron chi connectivity index (χ3n) is 1.31. The average molecular weight is 260 g/mol. The monoisotopic (exact) mass is 260 g/mol. The Morgan fingerprint density at radius 2 is 1.43 bits per heavy atom. The maximum absolute atomic E-state index is 12.3. The van der Waals surface area contributed by atoms with Crippen molar-refractivity contribution in [3.63, 3.8) is 0 Å². The second kappa shape index (κ2) is 2.70. The van der Waals surface area contributed by atoms with Crippen LogP contribution >= 0.6 is 11.9 Å². The van der Waals surface area contributed by atoms with E-state index in [4.69, 9.17) is 0 Å².